The topological polar surface area (TPSA) is 12.9 Å². The predicted molar refractivity (Wildman–Crippen MR) is 73.0 cm³/mol. The lowest BCUT2D eigenvalue weighted by atomic mass is 10.1. The highest BCUT2D eigenvalue weighted by atomic mass is 35.5. The van der Waals surface area contributed by atoms with Crippen LogP contribution in [-0.2, 0) is 6.42 Å². The Bertz CT molecular complexity index is 479. The van der Waals surface area contributed by atoms with Crippen LogP contribution in [-0.4, -0.2) is 4.98 Å². The van der Waals surface area contributed by atoms with E-state index >= 15 is 0 Å². The van der Waals surface area contributed by atoms with Gasteiger partial charge in [0, 0.05) is 28.4 Å². The lowest BCUT2D eigenvalue weighted by Gasteiger charge is -2.10. The molecule has 0 saturated heterocycles. The van der Waals surface area contributed by atoms with Crippen LogP contribution in [0.3, 0.4) is 0 Å². The van der Waals surface area contributed by atoms with Crippen molar-refractivity contribution in [2.24, 2.45) is 0 Å². The molecule has 88 valence electrons. The molecule has 1 aromatic heterocycles. The lowest BCUT2D eigenvalue weighted by Crippen LogP contribution is -1.97. The second kappa shape index (κ2) is 5.72. The number of rotatable bonds is 3. The first kappa shape index (κ1) is 12.7. The average molecular weight is 287 g/mol. The molecule has 0 radical (unpaired) electrons. The number of hydrogen-bond donors (Lipinski definition) is 0. The van der Waals surface area contributed by atoms with Gasteiger partial charge in [-0.15, -0.1) is 11.6 Å². The van der Waals surface area contributed by atoms with Crippen molar-refractivity contribution < 1.29 is 0 Å². The summed E-state index contributed by atoms with van der Waals surface area (Å²) in [5.74, 6) is 0. The van der Waals surface area contributed by atoms with Crippen molar-refractivity contribution in [3.63, 3.8) is 0 Å². The maximum absolute atomic E-state index is 6.33. The van der Waals surface area contributed by atoms with Crippen molar-refractivity contribution in [1.29, 1.82) is 0 Å². The van der Waals surface area contributed by atoms with E-state index in [1.807, 2.05) is 30.3 Å². The minimum absolute atomic E-state index is 0.180. The van der Waals surface area contributed by atoms with Gasteiger partial charge < -0.3 is 0 Å². The largest absolute Gasteiger partial charge is 0.261 e. The molecule has 0 aliphatic carbocycles. The number of pyridine rings is 1. The Morgan fingerprint density at radius 1 is 1.06 bits per heavy atom. The number of nitrogens with zero attached hydrogens (tertiary/aromatic N) is 1. The summed E-state index contributed by atoms with van der Waals surface area (Å²) in [5, 5.41) is 1.01. The van der Waals surface area contributed by atoms with Gasteiger partial charge in [-0.3, -0.25) is 4.98 Å². The zero-order valence-electron chi connectivity index (χ0n) is 8.91. The monoisotopic (exact) mass is 285 g/mol. The van der Waals surface area contributed by atoms with Crippen LogP contribution in [0.25, 0.3) is 0 Å². The highest BCUT2D eigenvalue weighted by Gasteiger charge is 2.11. The summed E-state index contributed by atoms with van der Waals surface area (Å²) in [5.41, 5.74) is 1.86. The van der Waals surface area contributed by atoms with Crippen LogP contribution >= 0.6 is 34.8 Å². The van der Waals surface area contributed by atoms with Gasteiger partial charge in [0.25, 0.3) is 0 Å². The molecule has 17 heavy (non-hydrogen) atoms. The number of halogens is 3. The van der Waals surface area contributed by atoms with E-state index in [4.69, 9.17) is 34.8 Å². The molecule has 1 unspecified atom stereocenters. The van der Waals surface area contributed by atoms with Gasteiger partial charge >= 0.3 is 0 Å². The Kier molecular flexibility index (Phi) is 4.27. The molecule has 2 rings (SSSR count). The fraction of sp³-hybridized carbons (Fsp3) is 0.154. The molecule has 0 spiro atoms. The van der Waals surface area contributed by atoms with Crippen LogP contribution in [0.4, 0.5) is 0 Å². The third kappa shape index (κ3) is 3.60. The van der Waals surface area contributed by atoms with E-state index in [1.165, 1.54) is 0 Å². The number of aromatic nitrogens is 1. The van der Waals surface area contributed by atoms with Gasteiger partial charge in [0.1, 0.15) is 0 Å². The predicted octanol–water partition coefficient (Wildman–Crippen LogP) is 4.91. The molecule has 2 aromatic rings. The molecule has 1 heterocycles. The molecule has 0 aliphatic rings. The maximum Gasteiger partial charge on any atom is 0.0641 e. The highest BCUT2D eigenvalue weighted by molar-refractivity contribution is 6.35. The minimum atomic E-state index is -0.180. The van der Waals surface area contributed by atoms with Crippen molar-refractivity contribution in [3.8, 4) is 0 Å². The van der Waals surface area contributed by atoms with Crippen LogP contribution in [0.1, 0.15) is 16.6 Å². The van der Waals surface area contributed by atoms with Crippen molar-refractivity contribution in [3.05, 3.63) is 63.9 Å². The molecular formula is C13H10Cl3N. The number of hydrogen-bond acceptors (Lipinski definition) is 1. The van der Waals surface area contributed by atoms with E-state index in [-0.39, 0.29) is 5.38 Å². The maximum atomic E-state index is 6.33. The smallest absolute Gasteiger partial charge is 0.0641 e. The summed E-state index contributed by atoms with van der Waals surface area (Å²) >= 11 is 18.2. The van der Waals surface area contributed by atoms with Crippen LogP contribution in [0.2, 0.25) is 10.0 Å². The first-order chi connectivity index (χ1) is 8.15. The van der Waals surface area contributed by atoms with Gasteiger partial charge in [0.2, 0.25) is 0 Å². The molecule has 0 N–H and O–H groups in total. The van der Waals surface area contributed by atoms with Gasteiger partial charge in [-0.1, -0.05) is 29.3 Å². The first-order valence-electron chi connectivity index (χ1n) is 5.15. The van der Waals surface area contributed by atoms with Gasteiger partial charge in [0.05, 0.1) is 5.38 Å². The summed E-state index contributed by atoms with van der Waals surface area (Å²) in [4.78, 5) is 4.24. The van der Waals surface area contributed by atoms with Gasteiger partial charge in [-0.25, -0.2) is 0 Å². The van der Waals surface area contributed by atoms with E-state index in [1.54, 1.807) is 12.3 Å². The Morgan fingerprint density at radius 2 is 1.76 bits per heavy atom. The standard InChI is InChI=1S/C13H10Cl3N/c14-10-5-9(6-11(15)7-10)13(16)8-12-3-1-2-4-17-12/h1-7,13H,8H2. The number of benzene rings is 1. The van der Waals surface area contributed by atoms with Crippen molar-refractivity contribution in [2.75, 3.05) is 0 Å². The second-order valence-corrected chi connectivity index (χ2v) is 5.10. The fourth-order valence-corrected chi connectivity index (χ4v) is 2.40. The van der Waals surface area contributed by atoms with Crippen LogP contribution in [0.15, 0.2) is 42.6 Å². The summed E-state index contributed by atoms with van der Waals surface area (Å²) in [7, 11) is 0. The quantitative estimate of drug-likeness (QED) is 0.731. The normalized spacial score (nSPS) is 12.4. The zero-order valence-corrected chi connectivity index (χ0v) is 11.2. The van der Waals surface area contributed by atoms with E-state index in [2.05, 4.69) is 4.98 Å². The molecule has 0 bridgehead atoms. The summed E-state index contributed by atoms with van der Waals surface area (Å²) in [6.07, 6.45) is 2.41. The van der Waals surface area contributed by atoms with Crippen molar-refractivity contribution in [1.82, 2.24) is 4.98 Å². The summed E-state index contributed by atoms with van der Waals surface area (Å²) in [6, 6.07) is 11.1. The second-order valence-electron chi connectivity index (χ2n) is 3.70. The van der Waals surface area contributed by atoms with Crippen LogP contribution in [0, 0.1) is 0 Å². The van der Waals surface area contributed by atoms with Crippen molar-refractivity contribution in [2.45, 2.75) is 11.8 Å². The first-order valence-corrected chi connectivity index (χ1v) is 6.34. The Balaban J connectivity index is 2.17. The Hall–Kier alpha value is -0.760. The Morgan fingerprint density at radius 3 is 2.35 bits per heavy atom. The zero-order chi connectivity index (χ0) is 12.3. The molecule has 0 saturated carbocycles. The van der Waals surface area contributed by atoms with Gasteiger partial charge in [0.15, 0.2) is 0 Å². The molecule has 0 amide bonds. The molecule has 0 aliphatic heterocycles. The van der Waals surface area contributed by atoms with E-state index in [9.17, 15) is 0 Å². The third-order valence-electron chi connectivity index (χ3n) is 2.36. The molecule has 1 atom stereocenters. The molecular weight excluding hydrogens is 277 g/mol. The van der Waals surface area contributed by atoms with E-state index in [0.717, 1.165) is 11.3 Å². The summed E-state index contributed by atoms with van der Waals surface area (Å²) < 4.78 is 0. The fourth-order valence-electron chi connectivity index (χ4n) is 1.58. The van der Waals surface area contributed by atoms with Crippen LogP contribution in [0.5, 0.6) is 0 Å². The highest BCUT2D eigenvalue weighted by Crippen LogP contribution is 2.29. The van der Waals surface area contributed by atoms with E-state index in [0.29, 0.717) is 16.5 Å². The SMILES string of the molecule is Clc1cc(Cl)cc(C(Cl)Cc2ccccn2)c1. The number of alkyl halides is 1. The lowest BCUT2D eigenvalue weighted by molar-refractivity contribution is 0.881. The summed E-state index contributed by atoms with van der Waals surface area (Å²) in [6.45, 7) is 0. The minimum Gasteiger partial charge on any atom is -0.261 e. The van der Waals surface area contributed by atoms with E-state index < -0.39 is 0 Å². The van der Waals surface area contributed by atoms with Gasteiger partial charge in [-0.05, 0) is 35.9 Å². The third-order valence-corrected chi connectivity index (χ3v) is 3.20. The molecule has 1 nitrogen and oxygen atoms in total. The van der Waals surface area contributed by atoms with Crippen LogP contribution < -0.4 is 0 Å². The Labute approximate surface area is 115 Å². The molecule has 4 heteroatoms. The van der Waals surface area contributed by atoms with Gasteiger partial charge in [-0.2, -0.15) is 0 Å². The van der Waals surface area contributed by atoms with Crippen molar-refractivity contribution >= 4 is 34.8 Å². The molecule has 1 aromatic carbocycles. The molecule has 0 fully saturated rings. The average Bonchev–Trinajstić information content (AvgIpc) is 2.29.